The van der Waals surface area contributed by atoms with E-state index in [4.69, 9.17) is 0 Å². The van der Waals surface area contributed by atoms with Crippen LogP contribution >= 0.6 is 0 Å². The van der Waals surface area contributed by atoms with Gasteiger partial charge in [0, 0.05) is 0 Å². The Morgan fingerprint density at radius 2 is 1.76 bits per heavy atom. The Balaban J connectivity index is 0. The summed E-state index contributed by atoms with van der Waals surface area (Å²) >= 11 is 0. The van der Waals surface area contributed by atoms with E-state index in [2.05, 4.69) is 11.7 Å². The molecule has 0 aliphatic heterocycles. The maximum absolute atomic E-state index is 11.1. The first kappa shape index (κ1) is 19.7. The summed E-state index contributed by atoms with van der Waals surface area (Å²) in [5.41, 5.74) is 0. The summed E-state index contributed by atoms with van der Waals surface area (Å²) in [6.07, 6.45) is 4.59. The van der Waals surface area contributed by atoms with Gasteiger partial charge in [-0.3, -0.25) is 4.79 Å². The van der Waals surface area contributed by atoms with Crippen LogP contribution in [0, 0.1) is 0 Å². The zero-order valence-corrected chi connectivity index (χ0v) is 13.6. The molecule has 0 rings (SSSR count). The zero-order valence-electron chi connectivity index (χ0n) is 10.8. The molecule has 0 saturated carbocycles. The van der Waals surface area contributed by atoms with E-state index in [-0.39, 0.29) is 36.0 Å². The van der Waals surface area contributed by atoms with Crippen molar-refractivity contribution in [1.82, 2.24) is 0 Å². The molecule has 1 unspecified atom stereocenters. The number of methoxy groups -OCH3 is 1. The maximum atomic E-state index is 11.1. The van der Waals surface area contributed by atoms with Crippen LogP contribution in [0.3, 0.4) is 0 Å². The van der Waals surface area contributed by atoms with E-state index >= 15 is 0 Å². The Bertz CT molecular complexity index is 302. The quantitative estimate of drug-likeness (QED) is 0.231. The smallest absolute Gasteiger partial charge is 0.747 e. The minimum Gasteiger partial charge on any atom is -0.747 e. The van der Waals surface area contributed by atoms with Crippen molar-refractivity contribution in [3.63, 3.8) is 0 Å². The second kappa shape index (κ2) is 10.3. The average Bonchev–Trinajstić information content (AvgIpc) is 2.20. The monoisotopic (exact) mass is 274 g/mol. The molecule has 0 aromatic heterocycles. The van der Waals surface area contributed by atoms with Gasteiger partial charge in [-0.1, -0.05) is 39.0 Å². The summed E-state index contributed by atoms with van der Waals surface area (Å²) in [6, 6.07) is 0. The van der Waals surface area contributed by atoms with Crippen LogP contribution in [0.15, 0.2) is 0 Å². The van der Waals surface area contributed by atoms with Gasteiger partial charge < -0.3 is 9.29 Å². The minimum absolute atomic E-state index is 0. The van der Waals surface area contributed by atoms with E-state index in [1.807, 2.05) is 0 Å². The van der Waals surface area contributed by atoms with Crippen molar-refractivity contribution < 1.29 is 52.1 Å². The molecular weight excluding hydrogens is 255 g/mol. The molecule has 0 bridgehead atoms. The molecule has 0 spiro atoms. The molecule has 0 aliphatic carbocycles. The Morgan fingerprint density at radius 1 is 1.24 bits per heavy atom. The zero-order chi connectivity index (χ0) is 12.6. The molecule has 0 amide bonds. The van der Waals surface area contributed by atoms with Gasteiger partial charge in [-0.2, -0.15) is 0 Å². The van der Waals surface area contributed by atoms with Crippen molar-refractivity contribution in [2.24, 2.45) is 0 Å². The fourth-order valence-electron chi connectivity index (χ4n) is 1.44. The molecule has 0 radical (unpaired) electrons. The summed E-state index contributed by atoms with van der Waals surface area (Å²) in [5, 5.41) is -1.54. The van der Waals surface area contributed by atoms with Gasteiger partial charge in [0.15, 0.2) is 0 Å². The van der Waals surface area contributed by atoms with E-state index in [0.717, 1.165) is 32.8 Å². The van der Waals surface area contributed by atoms with Crippen molar-refractivity contribution in [2.75, 3.05) is 7.11 Å². The van der Waals surface area contributed by atoms with Crippen LogP contribution in [-0.4, -0.2) is 31.3 Å². The molecular formula is C10H19NaO5S. The third kappa shape index (κ3) is 9.02. The number of hydrogen-bond acceptors (Lipinski definition) is 5. The normalized spacial score (nSPS) is 12.6. The number of rotatable bonds is 8. The van der Waals surface area contributed by atoms with E-state index < -0.39 is 21.3 Å². The van der Waals surface area contributed by atoms with Crippen molar-refractivity contribution in [2.45, 2.75) is 50.7 Å². The van der Waals surface area contributed by atoms with Gasteiger partial charge in [0.05, 0.1) is 7.11 Å². The van der Waals surface area contributed by atoms with Crippen LogP contribution in [0.2, 0.25) is 0 Å². The first-order valence-corrected chi connectivity index (χ1v) is 6.93. The molecule has 0 fully saturated rings. The van der Waals surface area contributed by atoms with Crippen molar-refractivity contribution in [1.29, 1.82) is 0 Å². The number of carbonyl (C=O) groups excluding carboxylic acids is 1. The Kier molecular flexibility index (Phi) is 12.0. The predicted octanol–water partition coefficient (Wildman–Crippen LogP) is -1.56. The number of hydrogen-bond donors (Lipinski definition) is 0. The SMILES string of the molecule is CCCCCCCC(C(=O)OC)S(=O)(=O)[O-].[Na+]. The first-order valence-electron chi connectivity index (χ1n) is 5.46. The van der Waals surface area contributed by atoms with Gasteiger partial charge in [0.25, 0.3) is 0 Å². The van der Waals surface area contributed by atoms with Gasteiger partial charge in [0.2, 0.25) is 0 Å². The Hall–Kier alpha value is 0.380. The van der Waals surface area contributed by atoms with Crippen LogP contribution in [-0.2, 0) is 19.6 Å². The average molecular weight is 274 g/mol. The second-order valence-corrected chi connectivity index (χ2v) is 5.26. The van der Waals surface area contributed by atoms with Crippen molar-refractivity contribution >= 4 is 16.1 Å². The van der Waals surface area contributed by atoms with Gasteiger partial charge >= 0.3 is 35.5 Å². The van der Waals surface area contributed by atoms with Gasteiger partial charge in [0.1, 0.15) is 15.4 Å². The molecule has 0 aromatic carbocycles. The number of unbranched alkanes of at least 4 members (excludes halogenated alkanes) is 4. The molecule has 1 atom stereocenters. The van der Waals surface area contributed by atoms with Crippen LogP contribution in [0.4, 0.5) is 0 Å². The third-order valence-electron chi connectivity index (χ3n) is 2.38. The Labute approximate surface area is 125 Å². The van der Waals surface area contributed by atoms with E-state index in [1.54, 1.807) is 0 Å². The number of carbonyl (C=O) groups is 1. The van der Waals surface area contributed by atoms with E-state index in [9.17, 15) is 17.8 Å². The molecule has 96 valence electrons. The van der Waals surface area contributed by atoms with Crippen molar-refractivity contribution in [3.05, 3.63) is 0 Å². The topological polar surface area (TPSA) is 83.5 Å². The third-order valence-corrected chi connectivity index (χ3v) is 3.51. The second-order valence-electron chi connectivity index (χ2n) is 3.71. The molecule has 5 nitrogen and oxygen atoms in total. The van der Waals surface area contributed by atoms with E-state index in [0.29, 0.717) is 6.42 Å². The number of esters is 1. The standard InChI is InChI=1S/C10H20O5S.Na/c1-3-4-5-6-7-8-9(10(11)15-2)16(12,13)14;/h9H,3-8H2,1-2H3,(H,12,13,14);/q;+1/p-1. The predicted molar refractivity (Wildman–Crippen MR) is 58.9 cm³/mol. The minimum atomic E-state index is -4.59. The molecule has 0 saturated heterocycles. The molecule has 0 aliphatic rings. The summed E-state index contributed by atoms with van der Waals surface area (Å²) in [7, 11) is -3.51. The summed E-state index contributed by atoms with van der Waals surface area (Å²) in [4.78, 5) is 11.1. The van der Waals surface area contributed by atoms with E-state index in [1.165, 1.54) is 0 Å². The largest absolute Gasteiger partial charge is 1.00 e. The first-order chi connectivity index (χ1) is 7.43. The fraction of sp³-hybridized carbons (Fsp3) is 0.900. The van der Waals surface area contributed by atoms with Gasteiger partial charge in [-0.15, -0.1) is 0 Å². The fourth-order valence-corrected chi connectivity index (χ4v) is 2.23. The maximum Gasteiger partial charge on any atom is 1.00 e. The summed E-state index contributed by atoms with van der Waals surface area (Å²) < 4.78 is 36.7. The molecule has 0 N–H and O–H groups in total. The molecule has 7 heteroatoms. The van der Waals surface area contributed by atoms with Crippen LogP contribution < -0.4 is 29.6 Å². The van der Waals surface area contributed by atoms with Crippen LogP contribution in [0.25, 0.3) is 0 Å². The van der Waals surface area contributed by atoms with Crippen molar-refractivity contribution in [3.8, 4) is 0 Å². The molecule has 17 heavy (non-hydrogen) atoms. The molecule has 0 aromatic rings. The van der Waals surface area contributed by atoms with Crippen LogP contribution in [0.1, 0.15) is 45.4 Å². The summed E-state index contributed by atoms with van der Waals surface area (Å²) in [5.74, 6) is -0.953. The van der Waals surface area contributed by atoms with Gasteiger partial charge in [-0.25, -0.2) is 8.42 Å². The summed E-state index contributed by atoms with van der Waals surface area (Å²) in [6.45, 7) is 2.07. The van der Waals surface area contributed by atoms with Gasteiger partial charge in [-0.05, 0) is 6.42 Å². The Morgan fingerprint density at radius 3 is 2.18 bits per heavy atom. The number of ether oxygens (including phenoxy) is 1. The van der Waals surface area contributed by atoms with Crippen LogP contribution in [0.5, 0.6) is 0 Å². The molecule has 0 heterocycles.